The molecule has 0 aliphatic heterocycles. The first-order valence-corrected chi connectivity index (χ1v) is 5.61. The molecule has 0 aromatic heterocycles. The second kappa shape index (κ2) is 9.93. The zero-order valence-electron chi connectivity index (χ0n) is 10.0. The van der Waals surface area contributed by atoms with E-state index in [9.17, 15) is 4.79 Å². The van der Waals surface area contributed by atoms with Crippen LogP contribution in [-0.2, 0) is 14.3 Å². The zero-order valence-corrected chi connectivity index (χ0v) is 10.0. The monoisotopic (exact) mass is 217 g/mol. The van der Waals surface area contributed by atoms with Crippen molar-refractivity contribution >= 4 is 5.91 Å². The second-order valence-electron chi connectivity index (χ2n) is 3.74. The van der Waals surface area contributed by atoms with Gasteiger partial charge in [0.05, 0.1) is 13.2 Å². The maximum absolute atomic E-state index is 11.1. The number of ether oxygens (including phenoxy) is 2. The highest BCUT2D eigenvalue weighted by molar-refractivity contribution is 5.77. The Morgan fingerprint density at radius 3 is 2.47 bits per heavy atom. The van der Waals surface area contributed by atoms with Gasteiger partial charge in [-0.2, -0.15) is 0 Å². The number of unbranched alkanes of at least 4 members (excludes halogenated alkanes) is 1. The van der Waals surface area contributed by atoms with Gasteiger partial charge in [-0.1, -0.05) is 13.3 Å². The molecular weight excluding hydrogens is 194 g/mol. The van der Waals surface area contributed by atoms with Crippen molar-refractivity contribution in [2.75, 3.05) is 26.4 Å². The summed E-state index contributed by atoms with van der Waals surface area (Å²) in [6.07, 6.45) is 2.21. The molecule has 0 heterocycles. The van der Waals surface area contributed by atoms with Gasteiger partial charge in [-0.05, 0) is 20.3 Å². The Morgan fingerprint density at radius 1 is 1.20 bits per heavy atom. The standard InChI is InChI=1S/C11H23NO3/c1-4-5-6-14-7-8-15-9-11(13)12-10(2)3/h10H,4-9H2,1-3H3,(H,12,13). The highest BCUT2D eigenvalue weighted by atomic mass is 16.5. The van der Waals surface area contributed by atoms with Crippen molar-refractivity contribution in [1.29, 1.82) is 0 Å². The Labute approximate surface area is 92.3 Å². The van der Waals surface area contributed by atoms with Crippen molar-refractivity contribution in [3.8, 4) is 0 Å². The van der Waals surface area contributed by atoms with Crippen LogP contribution in [0.2, 0.25) is 0 Å². The molecule has 0 unspecified atom stereocenters. The van der Waals surface area contributed by atoms with Crippen LogP contribution in [0.4, 0.5) is 0 Å². The van der Waals surface area contributed by atoms with Gasteiger partial charge in [0.15, 0.2) is 0 Å². The average molecular weight is 217 g/mol. The number of carbonyl (C=O) groups is 1. The molecule has 0 aromatic carbocycles. The van der Waals surface area contributed by atoms with E-state index in [0.29, 0.717) is 13.2 Å². The topological polar surface area (TPSA) is 47.6 Å². The average Bonchev–Trinajstić information content (AvgIpc) is 2.15. The molecule has 90 valence electrons. The smallest absolute Gasteiger partial charge is 0.246 e. The van der Waals surface area contributed by atoms with Crippen LogP contribution in [0.5, 0.6) is 0 Å². The van der Waals surface area contributed by atoms with Gasteiger partial charge in [0.1, 0.15) is 6.61 Å². The molecule has 0 radical (unpaired) electrons. The Hall–Kier alpha value is -0.610. The van der Waals surface area contributed by atoms with Gasteiger partial charge in [-0.15, -0.1) is 0 Å². The third kappa shape index (κ3) is 11.3. The first kappa shape index (κ1) is 14.4. The van der Waals surface area contributed by atoms with Crippen molar-refractivity contribution in [3.05, 3.63) is 0 Å². The third-order valence-corrected chi connectivity index (χ3v) is 1.70. The lowest BCUT2D eigenvalue weighted by atomic mass is 10.4. The number of rotatable bonds is 9. The van der Waals surface area contributed by atoms with E-state index in [-0.39, 0.29) is 18.6 Å². The predicted octanol–water partition coefficient (Wildman–Crippen LogP) is 1.34. The quantitative estimate of drug-likeness (QED) is 0.593. The Balaban J connectivity index is 3.13. The largest absolute Gasteiger partial charge is 0.379 e. The molecule has 0 saturated carbocycles. The first-order chi connectivity index (χ1) is 7.16. The highest BCUT2D eigenvalue weighted by Crippen LogP contribution is 1.88. The van der Waals surface area contributed by atoms with Crippen LogP contribution < -0.4 is 5.32 Å². The minimum Gasteiger partial charge on any atom is -0.379 e. The molecule has 4 nitrogen and oxygen atoms in total. The lowest BCUT2D eigenvalue weighted by Gasteiger charge is -2.08. The summed E-state index contributed by atoms with van der Waals surface area (Å²) in [6.45, 7) is 7.91. The number of amides is 1. The fourth-order valence-corrected chi connectivity index (χ4v) is 0.995. The lowest BCUT2D eigenvalue weighted by Crippen LogP contribution is -2.33. The minimum atomic E-state index is -0.0708. The molecular formula is C11H23NO3. The maximum atomic E-state index is 11.1. The van der Waals surface area contributed by atoms with Crippen LogP contribution in [0.15, 0.2) is 0 Å². The van der Waals surface area contributed by atoms with Crippen LogP contribution in [0.1, 0.15) is 33.6 Å². The summed E-state index contributed by atoms with van der Waals surface area (Å²) >= 11 is 0. The van der Waals surface area contributed by atoms with Gasteiger partial charge < -0.3 is 14.8 Å². The Bertz CT molecular complexity index is 160. The van der Waals surface area contributed by atoms with Crippen molar-refractivity contribution in [1.82, 2.24) is 5.32 Å². The van der Waals surface area contributed by atoms with Crippen LogP contribution in [0, 0.1) is 0 Å². The highest BCUT2D eigenvalue weighted by Gasteiger charge is 2.02. The number of hydrogen-bond acceptors (Lipinski definition) is 3. The Kier molecular flexibility index (Phi) is 9.52. The molecule has 0 rings (SSSR count). The Morgan fingerprint density at radius 2 is 1.87 bits per heavy atom. The van der Waals surface area contributed by atoms with Crippen molar-refractivity contribution in [3.63, 3.8) is 0 Å². The van der Waals surface area contributed by atoms with Gasteiger partial charge in [0.25, 0.3) is 0 Å². The fraction of sp³-hybridized carbons (Fsp3) is 0.909. The normalized spacial score (nSPS) is 10.7. The number of nitrogens with one attached hydrogen (secondary N) is 1. The van der Waals surface area contributed by atoms with Crippen molar-refractivity contribution in [2.24, 2.45) is 0 Å². The third-order valence-electron chi connectivity index (χ3n) is 1.70. The molecule has 1 N–H and O–H groups in total. The molecule has 15 heavy (non-hydrogen) atoms. The molecule has 0 aliphatic carbocycles. The summed E-state index contributed by atoms with van der Waals surface area (Å²) in [6, 6.07) is 0.168. The predicted molar refractivity (Wildman–Crippen MR) is 59.8 cm³/mol. The van der Waals surface area contributed by atoms with Crippen LogP contribution in [-0.4, -0.2) is 38.4 Å². The van der Waals surface area contributed by atoms with Crippen molar-refractivity contribution < 1.29 is 14.3 Å². The summed E-state index contributed by atoms with van der Waals surface area (Å²) in [5.41, 5.74) is 0. The summed E-state index contributed by atoms with van der Waals surface area (Å²) in [5.74, 6) is -0.0708. The summed E-state index contributed by atoms with van der Waals surface area (Å²) in [7, 11) is 0. The van der Waals surface area contributed by atoms with Crippen LogP contribution in [0.3, 0.4) is 0 Å². The van der Waals surface area contributed by atoms with E-state index in [2.05, 4.69) is 12.2 Å². The molecule has 4 heteroatoms. The number of carbonyl (C=O) groups excluding carboxylic acids is 1. The van der Waals surface area contributed by atoms with E-state index < -0.39 is 0 Å². The second-order valence-corrected chi connectivity index (χ2v) is 3.74. The molecule has 0 aliphatic rings. The molecule has 0 bridgehead atoms. The van der Waals surface area contributed by atoms with Crippen LogP contribution in [0.25, 0.3) is 0 Å². The molecule has 0 saturated heterocycles. The summed E-state index contributed by atoms with van der Waals surface area (Å²) < 4.78 is 10.4. The molecule has 0 spiro atoms. The first-order valence-electron chi connectivity index (χ1n) is 5.61. The van der Waals surface area contributed by atoms with Crippen molar-refractivity contribution in [2.45, 2.75) is 39.7 Å². The molecule has 0 fully saturated rings. The van der Waals surface area contributed by atoms with E-state index in [0.717, 1.165) is 19.4 Å². The van der Waals surface area contributed by atoms with Gasteiger partial charge in [0.2, 0.25) is 5.91 Å². The minimum absolute atomic E-state index is 0.0708. The molecule has 1 amide bonds. The van der Waals surface area contributed by atoms with E-state index in [4.69, 9.17) is 9.47 Å². The van der Waals surface area contributed by atoms with Crippen LogP contribution >= 0.6 is 0 Å². The summed E-state index contributed by atoms with van der Waals surface area (Å²) in [4.78, 5) is 11.1. The lowest BCUT2D eigenvalue weighted by molar-refractivity contribution is -0.126. The van der Waals surface area contributed by atoms with Gasteiger partial charge in [-0.25, -0.2) is 0 Å². The SMILES string of the molecule is CCCCOCCOCC(=O)NC(C)C. The number of hydrogen-bond donors (Lipinski definition) is 1. The maximum Gasteiger partial charge on any atom is 0.246 e. The molecule has 0 aromatic rings. The zero-order chi connectivity index (χ0) is 11.5. The molecule has 0 atom stereocenters. The summed E-state index contributed by atoms with van der Waals surface area (Å²) in [5, 5.41) is 2.75. The van der Waals surface area contributed by atoms with E-state index in [1.807, 2.05) is 13.8 Å². The van der Waals surface area contributed by atoms with E-state index >= 15 is 0 Å². The van der Waals surface area contributed by atoms with E-state index in [1.165, 1.54) is 0 Å². The van der Waals surface area contributed by atoms with E-state index in [1.54, 1.807) is 0 Å². The van der Waals surface area contributed by atoms with Gasteiger partial charge >= 0.3 is 0 Å². The van der Waals surface area contributed by atoms with Gasteiger partial charge in [-0.3, -0.25) is 4.79 Å². The fourth-order valence-electron chi connectivity index (χ4n) is 0.995. The van der Waals surface area contributed by atoms with Gasteiger partial charge in [0, 0.05) is 12.6 Å².